The van der Waals surface area contributed by atoms with E-state index in [1.54, 1.807) is 17.5 Å². The summed E-state index contributed by atoms with van der Waals surface area (Å²) in [4.78, 5) is 20.2. The SMILES string of the molecule is Cc1cnc(NC(=O)CN(C)Cc2cccs2)s1. The molecule has 2 heterocycles. The van der Waals surface area contributed by atoms with Crippen LogP contribution in [0.1, 0.15) is 9.75 Å². The van der Waals surface area contributed by atoms with E-state index in [1.165, 1.54) is 16.2 Å². The van der Waals surface area contributed by atoms with Crippen molar-refractivity contribution < 1.29 is 4.79 Å². The Morgan fingerprint density at radius 1 is 1.56 bits per heavy atom. The van der Waals surface area contributed by atoms with E-state index in [0.29, 0.717) is 11.7 Å². The molecule has 0 saturated heterocycles. The number of carbonyl (C=O) groups is 1. The first-order valence-electron chi connectivity index (χ1n) is 5.56. The number of rotatable bonds is 5. The van der Waals surface area contributed by atoms with Crippen molar-refractivity contribution in [1.82, 2.24) is 9.88 Å². The van der Waals surface area contributed by atoms with Gasteiger partial charge in [0.2, 0.25) is 5.91 Å². The number of nitrogens with zero attached hydrogens (tertiary/aromatic N) is 2. The summed E-state index contributed by atoms with van der Waals surface area (Å²) in [6.07, 6.45) is 1.76. The average Bonchev–Trinajstić information content (AvgIpc) is 2.90. The molecule has 0 aromatic carbocycles. The topological polar surface area (TPSA) is 45.2 Å². The van der Waals surface area contributed by atoms with E-state index in [9.17, 15) is 4.79 Å². The maximum atomic E-state index is 11.8. The fourth-order valence-corrected chi connectivity index (χ4v) is 3.01. The zero-order chi connectivity index (χ0) is 13.0. The zero-order valence-electron chi connectivity index (χ0n) is 10.3. The van der Waals surface area contributed by atoms with Crippen LogP contribution >= 0.6 is 22.7 Å². The molecule has 2 aromatic heterocycles. The summed E-state index contributed by atoms with van der Waals surface area (Å²) in [6, 6.07) is 4.09. The lowest BCUT2D eigenvalue weighted by Gasteiger charge is -2.14. The van der Waals surface area contributed by atoms with Crippen molar-refractivity contribution in [2.24, 2.45) is 0 Å². The number of nitrogens with one attached hydrogen (secondary N) is 1. The van der Waals surface area contributed by atoms with Crippen molar-refractivity contribution in [3.63, 3.8) is 0 Å². The van der Waals surface area contributed by atoms with Gasteiger partial charge in [-0.05, 0) is 25.4 Å². The first-order valence-corrected chi connectivity index (χ1v) is 7.26. The summed E-state index contributed by atoms with van der Waals surface area (Å²) in [7, 11) is 1.94. The molecule has 0 radical (unpaired) electrons. The van der Waals surface area contributed by atoms with Gasteiger partial charge in [0, 0.05) is 22.5 Å². The summed E-state index contributed by atoms with van der Waals surface area (Å²) in [6.45, 7) is 3.13. The smallest absolute Gasteiger partial charge is 0.240 e. The van der Waals surface area contributed by atoms with E-state index in [1.807, 2.05) is 30.3 Å². The van der Waals surface area contributed by atoms with E-state index in [-0.39, 0.29) is 5.91 Å². The molecule has 0 atom stereocenters. The molecule has 4 nitrogen and oxygen atoms in total. The molecule has 0 aliphatic carbocycles. The van der Waals surface area contributed by atoms with Crippen LogP contribution in [0.15, 0.2) is 23.7 Å². The quantitative estimate of drug-likeness (QED) is 0.916. The molecule has 1 N–H and O–H groups in total. The molecule has 0 unspecified atom stereocenters. The van der Waals surface area contributed by atoms with Crippen LogP contribution in [-0.2, 0) is 11.3 Å². The second-order valence-electron chi connectivity index (χ2n) is 4.08. The average molecular weight is 281 g/mol. The molecular formula is C12H15N3OS2. The Morgan fingerprint density at radius 2 is 2.39 bits per heavy atom. The van der Waals surface area contributed by atoms with Gasteiger partial charge in [-0.25, -0.2) is 4.98 Å². The minimum absolute atomic E-state index is 0.0246. The first kappa shape index (κ1) is 13.2. The highest BCUT2D eigenvalue weighted by atomic mass is 32.1. The predicted octanol–water partition coefficient (Wildman–Crippen LogP) is 2.58. The number of thiazole rings is 1. The molecule has 0 aliphatic rings. The Bertz CT molecular complexity index is 507. The van der Waals surface area contributed by atoms with E-state index in [4.69, 9.17) is 0 Å². The molecule has 2 rings (SSSR count). The van der Waals surface area contributed by atoms with Gasteiger partial charge in [0.05, 0.1) is 6.54 Å². The zero-order valence-corrected chi connectivity index (χ0v) is 12.0. The Hall–Kier alpha value is -1.24. The third-order valence-corrected chi connectivity index (χ3v) is 3.98. The Labute approximate surface area is 114 Å². The minimum atomic E-state index is -0.0246. The lowest BCUT2D eigenvalue weighted by molar-refractivity contribution is -0.117. The van der Waals surface area contributed by atoms with Crippen molar-refractivity contribution >= 4 is 33.7 Å². The number of thiophene rings is 1. The van der Waals surface area contributed by atoms with Crippen LogP contribution in [0, 0.1) is 6.92 Å². The monoisotopic (exact) mass is 281 g/mol. The van der Waals surface area contributed by atoms with Crippen LogP contribution in [-0.4, -0.2) is 29.4 Å². The minimum Gasteiger partial charge on any atom is -0.301 e. The molecule has 0 spiro atoms. The maximum absolute atomic E-state index is 11.8. The summed E-state index contributed by atoms with van der Waals surface area (Å²) in [5, 5.41) is 5.52. The van der Waals surface area contributed by atoms with Crippen molar-refractivity contribution in [3.05, 3.63) is 33.5 Å². The van der Waals surface area contributed by atoms with Gasteiger partial charge in [-0.15, -0.1) is 22.7 Å². The molecule has 0 bridgehead atoms. The van der Waals surface area contributed by atoms with Crippen LogP contribution < -0.4 is 5.32 Å². The summed E-state index contributed by atoms with van der Waals surface area (Å²) in [5.41, 5.74) is 0. The third-order valence-electron chi connectivity index (χ3n) is 2.29. The van der Waals surface area contributed by atoms with Gasteiger partial charge in [0.15, 0.2) is 5.13 Å². The van der Waals surface area contributed by atoms with Gasteiger partial charge in [0.1, 0.15) is 0 Å². The van der Waals surface area contributed by atoms with Gasteiger partial charge >= 0.3 is 0 Å². The first-order chi connectivity index (χ1) is 8.63. The van der Waals surface area contributed by atoms with Gasteiger partial charge in [-0.1, -0.05) is 6.07 Å². The molecule has 18 heavy (non-hydrogen) atoms. The number of aryl methyl sites for hydroxylation is 1. The highest BCUT2D eigenvalue weighted by Crippen LogP contribution is 2.16. The Balaban J connectivity index is 1.80. The van der Waals surface area contributed by atoms with Crippen LogP contribution in [0.5, 0.6) is 0 Å². The highest BCUT2D eigenvalue weighted by Gasteiger charge is 2.09. The predicted molar refractivity (Wildman–Crippen MR) is 76.1 cm³/mol. The maximum Gasteiger partial charge on any atom is 0.240 e. The Morgan fingerprint density at radius 3 is 3.00 bits per heavy atom. The van der Waals surface area contributed by atoms with Crippen molar-refractivity contribution in [3.8, 4) is 0 Å². The van der Waals surface area contributed by atoms with E-state index in [2.05, 4.69) is 16.4 Å². The van der Waals surface area contributed by atoms with Gasteiger partial charge in [0.25, 0.3) is 0 Å². The lowest BCUT2D eigenvalue weighted by atomic mass is 10.4. The summed E-state index contributed by atoms with van der Waals surface area (Å²) < 4.78 is 0. The van der Waals surface area contributed by atoms with Crippen molar-refractivity contribution in [1.29, 1.82) is 0 Å². The number of amides is 1. The summed E-state index contributed by atoms with van der Waals surface area (Å²) >= 11 is 3.19. The van der Waals surface area contributed by atoms with Gasteiger partial charge in [-0.3, -0.25) is 9.69 Å². The van der Waals surface area contributed by atoms with Crippen LogP contribution in [0.3, 0.4) is 0 Å². The fourth-order valence-electron chi connectivity index (χ4n) is 1.54. The molecule has 2 aromatic rings. The van der Waals surface area contributed by atoms with Crippen molar-refractivity contribution in [2.75, 3.05) is 18.9 Å². The number of aromatic nitrogens is 1. The molecule has 0 saturated carbocycles. The molecule has 6 heteroatoms. The number of anilines is 1. The van der Waals surface area contributed by atoms with Gasteiger partial charge in [-0.2, -0.15) is 0 Å². The second kappa shape index (κ2) is 6.08. The number of likely N-dealkylation sites (N-methyl/N-ethyl adjacent to an activating group) is 1. The highest BCUT2D eigenvalue weighted by molar-refractivity contribution is 7.15. The molecule has 1 amide bonds. The standard InChI is InChI=1S/C12H15N3OS2/c1-9-6-13-12(18-9)14-11(16)8-15(2)7-10-4-3-5-17-10/h3-6H,7-8H2,1-2H3,(H,13,14,16). The Kier molecular flexibility index (Phi) is 4.46. The largest absolute Gasteiger partial charge is 0.301 e. The molecule has 96 valence electrons. The van der Waals surface area contributed by atoms with Crippen LogP contribution in [0.4, 0.5) is 5.13 Å². The normalized spacial score (nSPS) is 10.8. The van der Waals surface area contributed by atoms with Crippen molar-refractivity contribution in [2.45, 2.75) is 13.5 Å². The third kappa shape index (κ3) is 3.90. The fraction of sp³-hybridized carbons (Fsp3) is 0.333. The van der Waals surface area contributed by atoms with E-state index >= 15 is 0 Å². The molecular weight excluding hydrogens is 266 g/mol. The summed E-state index contributed by atoms with van der Waals surface area (Å²) in [5.74, 6) is -0.0246. The second-order valence-corrected chi connectivity index (χ2v) is 6.34. The van der Waals surface area contributed by atoms with Crippen LogP contribution in [0.2, 0.25) is 0 Å². The number of hydrogen-bond acceptors (Lipinski definition) is 5. The van der Waals surface area contributed by atoms with E-state index < -0.39 is 0 Å². The van der Waals surface area contributed by atoms with Gasteiger partial charge < -0.3 is 5.32 Å². The van der Waals surface area contributed by atoms with Crippen LogP contribution in [0.25, 0.3) is 0 Å². The molecule has 0 fully saturated rings. The lowest BCUT2D eigenvalue weighted by Crippen LogP contribution is -2.29. The molecule has 0 aliphatic heterocycles. The number of carbonyl (C=O) groups excluding carboxylic acids is 1. The van der Waals surface area contributed by atoms with E-state index in [0.717, 1.165) is 11.4 Å². The number of hydrogen-bond donors (Lipinski definition) is 1.